The van der Waals surface area contributed by atoms with E-state index in [-0.39, 0.29) is 30.9 Å². The van der Waals surface area contributed by atoms with Gasteiger partial charge in [0.15, 0.2) is 6.61 Å². The van der Waals surface area contributed by atoms with E-state index < -0.39 is 11.9 Å². The highest BCUT2D eigenvalue weighted by Gasteiger charge is 2.13. The first kappa shape index (κ1) is 14.8. The van der Waals surface area contributed by atoms with Gasteiger partial charge in [0.05, 0.1) is 12.5 Å². The molecule has 0 fully saturated rings. The van der Waals surface area contributed by atoms with E-state index in [9.17, 15) is 9.59 Å². The van der Waals surface area contributed by atoms with E-state index in [1.807, 2.05) is 6.07 Å². The van der Waals surface area contributed by atoms with Crippen LogP contribution in [0.3, 0.4) is 0 Å². The van der Waals surface area contributed by atoms with E-state index in [1.54, 1.807) is 0 Å². The molecule has 0 saturated heterocycles. The average Bonchev–Trinajstić information content (AvgIpc) is 2.36. The van der Waals surface area contributed by atoms with Crippen LogP contribution in [-0.2, 0) is 4.79 Å². The van der Waals surface area contributed by atoms with Crippen LogP contribution in [0.4, 0.5) is 0 Å². The zero-order valence-electron chi connectivity index (χ0n) is 9.85. The summed E-state index contributed by atoms with van der Waals surface area (Å²) in [5.74, 6) is -1.58. The van der Waals surface area contributed by atoms with E-state index in [0.717, 1.165) is 0 Å². The van der Waals surface area contributed by atoms with Gasteiger partial charge < -0.3 is 15.2 Å². The Balaban J connectivity index is 2.62. The van der Waals surface area contributed by atoms with Gasteiger partial charge in [0.2, 0.25) is 0 Å². The second kappa shape index (κ2) is 7.24. The number of carboxylic acids is 1. The van der Waals surface area contributed by atoms with Gasteiger partial charge in [-0.2, -0.15) is 5.26 Å². The summed E-state index contributed by atoms with van der Waals surface area (Å²) < 4.78 is 5.11. The zero-order valence-corrected chi connectivity index (χ0v) is 10.6. The van der Waals surface area contributed by atoms with Gasteiger partial charge in [0.1, 0.15) is 11.3 Å². The van der Waals surface area contributed by atoms with Crippen LogP contribution in [0.25, 0.3) is 0 Å². The van der Waals surface area contributed by atoms with Gasteiger partial charge in [0, 0.05) is 11.6 Å². The highest BCUT2D eigenvalue weighted by molar-refractivity contribution is 6.30. The smallest absolute Gasteiger partial charge is 0.339 e. The Kier molecular flexibility index (Phi) is 5.64. The molecule has 19 heavy (non-hydrogen) atoms. The molecule has 0 aliphatic carbocycles. The Labute approximate surface area is 114 Å². The Bertz CT molecular complexity index is 525. The van der Waals surface area contributed by atoms with Crippen LogP contribution in [0.15, 0.2) is 18.2 Å². The molecule has 1 aromatic rings. The number of nitrogens with one attached hydrogen (secondary N) is 1. The SMILES string of the molecule is N#CCCNC(=O)COc1cc(Cl)ccc1C(=O)O. The first-order valence-electron chi connectivity index (χ1n) is 5.34. The van der Waals surface area contributed by atoms with Crippen molar-refractivity contribution in [2.45, 2.75) is 6.42 Å². The minimum atomic E-state index is -1.17. The summed E-state index contributed by atoms with van der Waals surface area (Å²) in [6, 6.07) is 5.93. The minimum Gasteiger partial charge on any atom is -0.483 e. The lowest BCUT2D eigenvalue weighted by molar-refractivity contribution is -0.123. The van der Waals surface area contributed by atoms with E-state index in [0.29, 0.717) is 5.02 Å². The standard InChI is InChI=1S/C12H11ClN2O4/c13-8-2-3-9(12(17)18)10(6-8)19-7-11(16)15-5-1-4-14/h2-3,6H,1,5,7H2,(H,15,16)(H,17,18). The lowest BCUT2D eigenvalue weighted by Gasteiger charge is -2.09. The Morgan fingerprint density at radius 2 is 2.21 bits per heavy atom. The highest BCUT2D eigenvalue weighted by atomic mass is 35.5. The summed E-state index contributed by atoms with van der Waals surface area (Å²) in [5, 5.41) is 20.0. The molecule has 0 spiro atoms. The highest BCUT2D eigenvalue weighted by Crippen LogP contribution is 2.23. The van der Waals surface area contributed by atoms with Crippen LogP contribution < -0.4 is 10.1 Å². The number of hydrogen-bond acceptors (Lipinski definition) is 4. The van der Waals surface area contributed by atoms with Crippen molar-refractivity contribution in [2.75, 3.05) is 13.2 Å². The van der Waals surface area contributed by atoms with E-state index >= 15 is 0 Å². The maximum atomic E-state index is 11.3. The monoisotopic (exact) mass is 282 g/mol. The second-order valence-electron chi connectivity index (χ2n) is 3.49. The molecule has 7 heteroatoms. The number of ether oxygens (including phenoxy) is 1. The molecular weight excluding hydrogens is 272 g/mol. The number of nitrogens with zero attached hydrogens (tertiary/aromatic N) is 1. The molecule has 0 aliphatic rings. The van der Waals surface area contributed by atoms with Crippen LogP contribution >= 0.6 is 11.6 Å². The Hall–Kier alpha value is -2.26. The Morgan fingerprint density at radius 3 is 2.84 bits per heavy atom. The van der Waals surface area contributed by atoms with Crippen molar-refractivity contribution >= 4 is 23.5 Å². The number of carbonyl (C=O) groups is 2. The number of aromatic carboxylic acids is 1. The molecule has 2 N–H and O–H groups in total. The molecule has 0 unspecified atom stereocenters. The number of nitriles is 1. The summed E-state index contributed by atoms with van der Waals surface area (Å²) in [7, 11) is 0. The molecule has 1 amide bonds. The average molecular weight is 283 g/mol. The number of amides is 1. The first-order chi connectivity index (χ1) is 9.04. The number of hydrogen-bond donors (Lipinski definition) is 2. The van der Waals surface area contributed by atoms with Crippen molar-refractivity contribution < 1.29 is 19.4 Å². The quantitative estimate of drug-likeness (QED) is 0.769. The van der Waals surface area contributed by atoms with Crippen molar-refractivity contribution in [1.82, 2.24) is 5.32 Å². The van der Waals surface area contributed by atoms with Crippen LogP contribution in [0, 0.1) is 11.3 Å². The number of carbonyl (C=O) groups excluding carboxylic acids is 1. The molecule has 100 valence electrons. The van der Waals surface area contributed by atoms with E-state index in [1.165, 1.54) is 18.2 Å². The molecule has 0 saturated carbocycles. The molecule has 0 aliphatic heterocycles. The summed E-state index contributed by atoms with van der Waals surface area (Å²) in [4.78, 5) is 22.3. The number of halogens is 1. The molecule has 0 radical (unpaired) electrons. The fraction of sp³-hybridized carbons (Fsp3) is 0.250. The zero-order chi connectivity index (χ0) is 14.3. The molecule has 0 bridgehead atoms. The largest absolute Gasteiger partial charge is 0.483 e. The molecule has 6 nitrogen and oxygen atoms in total. The van der Waals surface area contributed by atoms with Crippen LogP contribution in [-0.4, -0.2) is 30.1 Å². The molecule has 0 atom stereocenters. The van der Waals surface area contributed by atoms with Crippen molar-refractivity contribution in [3.05, 3.63) is 28.8 Å². The molecular formula is C12H11ClN2O4. The second-order valence-corrected chi connectivity index (χ2v) is 3.93. The van der Waals surface area contributed by atoms with Gasteiger partial charge in [-0.1, -0.05) is 11.6 Å². The van der Waals surface area contributed by atoms with Crippen molar-refractivity contribution in [3.8, 4) is 11.8 Å². The lowest BCUT2D eigenvalue weighted by atomic mass is 10.2. The molecule has 0 heterocycles. The maximum absolute atomic E-state index is 11.3. The van der Waals surface area contributed by atoms with Gasteiger partial charge in [-0.25, -0.2) is 4.79 Å². The van der Waals surface area contributed by atoms with Gasteiger partial charge in [0.25, 0.3) is 5.91 Å². The fourth-order valence-corrected chi connectivity index (χ4v) is 1.41. The van der Waals surface area contributed by atoms with Gasteiger partial charge in [-0.15, -0.1) is 0 Å². The van der Waals surface area contributed by atoms with Gasteiger partial charge >= 0.3 is 5.97 Å². The topological polar surface area (TPSA) is 99.4 Å². The first-order valence-corrected chi connectivity index (χ1v) is 5.71. The molecule has 0 aromatic heterocycles. The van der Waals surface area contributed by atoms with Crippen LogP contribution in [0.2, 0.25) is 5.02 Å². The maximum Gasteiger partial charge on any atom is 0.339 e. The minimum absolute atomic E-state index is 0.0235. The van der Waals surface area contributed by atoms with Crippen molar-refractivity contribution in [1.29, 1.82) is 5.26 Å². The fourth-order valence-electron chi connectivity index (χ4n) is 1.24. The number of rotatable bonds is 6. The summed E-state index contributed by atoms with van der Waals surface area (Å²) in [6.07, 6.45) is 0.198. The summed E-state index contributed by atoms with van der Waals surface area (Å²) in [6.45, 7) is -0.119. The number of carboxylic acid groups (broad SMARTS) is 1. The molecule has 1 rings (SSSR count). The van der Waals surface area contributed by atoms with E-state index in [4.69, 9.17) is 26.7 Å². The van der Waals surface area contributed by atoms with Crippen molar-refractivity contribution in [3.63, 3.8) is 0 Å². The van der Waals surface area contributed by atoms with Gasteiger partial charge in [-0.3, -0.25) is 4.79 Å². The molecule has 1 aromatic carbocycles. The predicted molar refractivity (Wildman–Crippen MR) is 67.1 cm³/mol. The van der Waals surface area contributed by atoms with Crippen LogP contribution in [0.5, 0.6) is 5.75 Å². The number of benzene rings is 1. The van der Waals surface area contributed by atoms with Crippen molar-refractivity contribution in [2.24, 2.45) is 0 Å². The van der Waals surface area contributed by atoms with E-state index in [2.05, 4.69) is 5.32 Å². The predicted octanol–water partition coefficient (Wildman–Crippen LogP) is 1.45. The summed E-state index contributed by atoms with van der Waals surface area (Å²) >= 11 is 5.73. The normalized spacial score (nSPS) is 9.47. The summed E-state index contributed by atoms with van der Waals surface area (Å²) in [5.41, 5.74) is -0.0748. The third-order valence-electron chi connectivity index (χ3n) is 2.09. The third kappa shape index (κ3) is 4.85. The lowest BCUT2D eigenvalue weighted by Crippen LogP contribution is -2.29. The van der Waals surface area contributed by atoms with Crippen LogP contribution in [0.1, 0.15) is 16.8 Å². The van der Waals surface area contributed by atoms with Gasteiger partial charge in [-0.05, 0) is 18.2 Å². The third-order valence-corrected chi connectivity index (χ3v) is 2.33. The Morgan fingerprint density at radius 1 is 1.47 bits per heavy atom.